The molecule has 3 rings (SSSR count). The number of nitrogens with one attached hydrogen (secondary N) is 5. The third-order valence-electron chi connectivity index (χ3n) is 4.89. The van der Waals surface area contributed by atoms with Gasteiger partial charge in [-0.1, -0.05) is 0 Å². The number of hydrogen-bond donors (Lipinski definition) is 5. The molecule has 9 nitrogen and oxygen atoms in total. The van der Waals surface area contributed by atoms with Gasteiger partial charge in [0.15, 0.2) is 0 Å². The molecule has 26 heavy (non-hydrogen) atoms. The van der Waals surface area contributed by atoms with Gasteiger partial charge in [-0.2, -0.15) is 0 Å². The standard InChI is InChI=1S/C16H27N5O4S/c1-8(2)25-16(24)19-13(22)10-5-7-26-15(10)18-14(23)11-9-4-3-6-17-12(9)21-20-11/h8-12,15,17,20-21H,3-7H2,1-2H3,(H,18,23)(H,19,22,24). The summed E-state index contributed by atoms with van der Waals surface area (Å²) < 4.78 is 4.95. The van der Waals surface area contributed by atoms with Crippen LogP contribution in [-0.4, -0.2) is 53.9 Å². The van der Waals surface area contributed by atoms with Crippen LogP contribution in [0, 0.1) is 11.8 Å². The Morgan fingerprint density at radius 2 is 1.96 bits per heavy atom. The van der Waals surface area contributed by atoms with Gasteiger partial charge in [0, 0.05) is 5.92 Å². The van der Waals surface area contributed by atoms with E-state index in [0.717, 1.165) is 25.1 Å². The summed E-state index contributed by atoms with van der Waals surface area (Å²) >= 11 is 1.53. The van der Waals surface area contributed by atoms with Gasteiger partial charge in [0.05, 0.1) is 23.6 Å². The largest absolute Gasteiger partial charge is 0.447 e. The zero-order chi connectivity index (χ0) is 18.7. The number of rotatable bonds is 4. The molecule has 146 valence electrons. The molecule has 3 amide bonds. The summed E-state index contributed by atoms with van der Waals surface area (Å²) in [5.41, 5.74) is 6.19. The highest BCUT2D eigenvalue weighted by Crippen LogP contribution is 2.31. The Labute approximate surface area is 157 Å². The SMILES string of the molecule is CC(C)OC(=O)NC(=O)C1CCSC1NC(=O)C1NNC2NCCCC21. The summed E-state index contributed by atoms with van der Waals surface area (Å²) in [4.78, 5) is 36.7. The summed E-state index contributed by atoms with van der Waals surface area (Å²) in [5, 5.41) is 8.26. The lowest BCUT2D eigenvalue weighted by atomic mass is 9.90. The van der Waals surface area contributed by atoms with Gasteiger partial charge in [-0.05, 0) is 45.4 Å². The topological polar surface area (TPSA) is 121 Å². The number of piperidine rings is 1. The van der Waals surface area contributed by atoms with Crippen molar-refractivity contribution in [3.05, 3.63) is 0 Å². The Morgan fingerprint density at radius 1 is 1.15 bits per heavy atom. The molecule has 3 saturated heterocycles. The number of ether oxygens (including phenoxy) is 1. The molecule has 10 heteroatoms. The zero-order valence-corrected chi connectivity index (χ0v) is 15.9. The normalized spacial score (nSPS) is 33.6. The number of alkyl carbamates (subject to hydrolysis) is 1. The third kappa shape index (κ3) is 4.48. The summed E-state index contributed by atoms with van der Waals surface area (Å²) in [7, 11) is 0. The highest BCUT2D eigenvalue weighted by Gasteiger charge is 2.43. The van der Waals surface area contributed by atoms with Crippen LogP contribution in [0.25, 0.3) is 0 Å². The maximum atomic E-state index is 12.7. The van der Waals surface area contributed by atoms with Crippen LogP contribution < -0.4 is 26.8 Å². The molecule has 5 unspecified atom stereocenters. The van der Waals surface area contributed by atoms with Crippen LogP contribution in [-0.2, 0) is 14.3 Å². The smallest absolute Gasteiger partial charge is 0.414 e. The van der Waals surface area contributed by atoms with Crippen molar-refractivity contribution in [2.24, 2.45) is 11.8 Å². The lowest BCUT2D eigenvalue weighted by Gasteiger charge is -2.28. The second kappa shape index (κ2) is 8.55. The molecule has 3 aliphatic rings. The van der Waals surface area contributed by atoms with Crippen molar-refractivity contribution in [3.63, 3.8) is 0 Å². The van der Waals surface area contributed by atoms with E-state index in [9.17, 15) is 14.4 Å². The van der Waals surface area contributed by atoms with Gasteiger partial charge in [-0.25, -0.2) is 15.6 Å². The van der Waals surface area contributed by atoms with Crippen LogP contribution >= 0.6 is 11.8 Å². The van der Waals surface area contributed by atoms with E-state index in [2.05, 4.69) is 26.8 Å². The fraction of sp³-hybridized carbons (Fsp3) is 0.812. The van der Waals surface area contributed by atoms with E-state index in [4.69, 9.17) is 4.74 Å². The molecule has 0 bridgehead atoms. The predicted octanol–water partition coefficient (Wildman–Crippen LogP) is -0.355. The average Bonchev–Trinajstić information content (AvgIpc) is 3.20. The first-order valence-corrected chi connectivity index (χ1v) is 10.2. The minimum absolute atomic E-state index is 0.0978. The van der Waals surface area contributed by atoms with Crippen LogP contribution in [0.2, 0.25) is 0 Å². The van der Waals surface area contributed by atoms with Crippen LogP contribution in [0.15, 0.2) is 0 Å². The van der Waals surface area contributed by atoms with Crippen molar-refractivity contribution in [1.29, 1.82) is 0 Å². The fourth-order valence-electron chi connectivity index (χ4n) is 3.64. The highest BCUT2D eigenvalue weighted by molar-refractivity contribution is 8.00. The highest BCUT2D eigenvalue weighted by atomic mass is 32.2. The van der Waals surface area contributed by atoms with E-state index < -0.39 is 17.9 Å². The van der Waals surface area contributed by atoms with Crippen LogP contribution in [0.3, 0.4) is 0 Å². The van der Waals surface area contributed by atoms with Gasteiger partial charge in [0.25, 0.3) is 0 Å². The second-order valence-electron chi connectivity index (χ2n) is 7.14. The predicted molar refractivity (Wildman–Crippen MR) is 96.8 cm³/mol. The van der Waals surface area contributed by atoms with Crippen LogP contribution in [0.1, 0.15) is 33.1 Å². The molecule has 3 fully saturated rings. The first-order chi connectivity index (χ1) is 12.5. The minimum Gasteiger partial charge on any atom is -0.447 e. The fourth-order valence-corrected chi connectivity index (χ4v) is 4.98. The van der Waals surface area contributed by atoms with Crippen molar-refractivity contribution < 1.29 is 19.1 Å². The lowest BCUT2D eigenvalue weighted by Crippen LogP contribution is -2.52. The van der Waals surface area contributed by atoms with E-state index >= 15 is 0 Å². The molecular formula is C16H27N5O4S. The average molecular weight is 385 g/mol. The molecule has 0 aromatic heterocycles. The molecular weight excluding hydrogens is 358 g/mol. The molecule has 0 aromatic rings. The Morgan fingerprint density at radius 3 is 2.73 bits per heavy atom. The van der Waals surface area contributed by atoms with E-state index in [1.165, 1.54) is 11.8 Å². The van der Waals surface area contributed by atoms with Crippen molar-refractivity contribution in [2.75, 3.05) is 12.3 Å². The Bertz CT molecular complexity index is 561. The van der Waals surface area contributed by atoms with Gasteiger partial charge >= 0.3 is 6.09 Å². The quantitative estimate of drug-likeness (QED) is 0.445. The van der Waals surface area contributed by atoms with E-state index in [0.29, 0.717) is 6.42 Å². The number of carbonyl (C=O) groups excluding carboxylic acids is 3. The molecule has 3 aliphatic heterocycles. The molecule has 5 atom stereocenters. The molecule has 5 N–H and O–H groups in total. The van der Waals surface area contributed by atoms with Crippen molar-refractivity contribution >= 4 is 29.7 Å². The molecule has 0 saturated carbocycles. The van der Waals surface area contributed by atoms with Crippen molar-refractivity contribution in [2.45, 2.75) is 56.8 Å². The van der Waals surface area contributed by atoms with Crippen molar-refractivity contribution in [3.8, 4) is 0 Å². The molecule has 0 aromatic carbocycles. The molecule has 0 radical (unpaired) electrons. The number of amides is 3. The number of hydrazine groups is 1. The van der Waals surface area contributed by atoms with Gasteiger partial charge in [-0.3, -0.25) is 14.9 Å². The third-order valence-corrected chi connectivity index (χ3v) is 6.17. The van der Waals surface area contributed by atoms with Gasteiger partial charge in [0.1, 0.15) is 6.04 Å². The minimum atomic E-state index is -0.746. The summed E-state index contributed by atoms with van der Waals surface area (Å²) in [6, 6.07) is -0.330. The van der Waals surface area contributed by atoms with Crippen LogP contribution in [0.4, 0.5) is 4.79 Å². The van der Waals surface area contributed by atoms with Crippen LogP contribution in [0.5, 0.6) is 0 Å². The van der Waals surface area contributed by atoms with Crippen molar-refractivity contribution in [1.82, 2.24) is 26.8 Å². The maximum absolute atomic E-state index is 12.7. The monoisotopic (exact) mass is 385 g/mol. The van der Waals surface area contributed by atoms with E-state index in [1.54, 1.807) is 13.8 Å². The number of fused-ring (bicyclic) bond motifs is 1. The second-order valence-corrected chi connectivity index (χ2v) is 8.39. The Kier molecular flexibility index (Phi) is 6.38. The zero-order valence-electron chi connectivity index (χ0n) is 15.0. The number of imide groups is 1. The Hall–Kier alpha value is -1.36. The van der Waals surface area contributed by atoms with Gasteiger partial charge < -0.3 is 15.4 Å². The molecule has 0 aliphatic carbocycles. The van der Waals surface area contributed by atoms with Gasteiger partial charge in [0.2, 0.25) is 11.8 Å². The first-order valence-electron chi connectivity index (χ1n) is 9.13. The number of carbonyl (C=O) groups is 3. The van der Waals surface area contributed by atoms with Gasteiger partial charge in [-0.15, -0.1) is 11.8 Å². The summed E-state index contributed by atoms with van der Waals surface area (Å²) in [6.07, 6.45) is 1.67. The summed E-state index contributed by atoms with van der Waals surface area (Å²) in [6.45, 7) is 4.38. The lowest BCUT2D eigenvalue weighted by molar-refractivity contribution is -0.126. The Balaban J connectivity index is 1.54. The number of thioether (sulfide) groups is 1. The maximum Gasteiger partial charge on any atom is 0.414 e. The molecule has 3 heterocycles. The number of hydrogen-bond acceptors (Lipinski definition) is 8. The van der Waals surface area contributed by atoms with E-state index in [1.807, 2.05) is 0 Å². The molecule has 0 spiro atoms. The van der Waals surface area contributed by atoms with E-state index in [-0.39, 0.29) is 35.5 Å². The first kappa shape index (κ1) is 19.4. The summed E-state index contributed by atoms with van der Waals surface area (Å²) in [5.74, 6) is -0.0234.